The van der Waals surface area contributed by atoms with Gasteiger partial charge in [-0.2, -0.15) is 9.97 Å². The molecule has 3 aromatic heterocycles. The van der Waals surface area contributed by atoms with Gasteiger partial charge in [0, 0.05) is 52.9 Å². The summed E-state index contributed by atoms with van der Waals surface area (Å²) in [5.74, 6) is 5.70. The molecule has 10 atom stereocenters. The normalized spacial score (nSPS) is 25.4. The first-order valence-electron chi connectivity index (χ1n) is 24.2. The molecule has 10 heteroatoms. The van der Waals surface area contributed by atoms with E-state index in [9.17, 15) is 0 Å². The number of benzene rings is 4. The number of fused-ring (bicyclic) bond motifs is 8. The molecule has 4 bridgehead atoms. The zero-order valence-corrected chi connectivity index (χ0v) is 38.6. The maximum absolute atomic E-state index is 7.76. The third kappa shape index (κ3) is 7.91. The van der Waals surface area contributed by atoms with Crippen LogP contribution in [0.3, 0.4) is 0 Å². The molecule has 13 rings (SSSR count). The molecule has 9 heterocycles. The molecule has 10 nitrogen and oxygen atoms in total. The number of methoxy groups -OCH3 is 2. The standard InChI is InChI=1S/C56H60N6O4/c1-5-35-33-61-27-23-39(35)29-49(61)52(43-21-25-57-47-19-17-41(63-3)31-45(43)47)65-55-51(37-13-9-7-10-14-37)56(60-54(59-55)38-15-11-8-12-16-38)66-53(50-30-40-24-28-62(50)34-36(40)6-2)44-22-26-58-48-20-18-42(64-4)32-46(44)48/h7-22,25-26,31-32,35-36,39-40,49-50,52-53H,5-6,23-24,27-30,33-34H2,1-4H3/t35?,36?,39?,40?,49-,50+,52-,53-/m0/s1. The number of nitrogens with zero attached hydrogens (tertiary/aromatic N) is 6. The van der Waals surface area contributed by atoms with Crippen molar-refractivity contribution in [3.8, 4) is 45.8 Å². The monoisotopic (exact) mass is 880 g/mol. The van der Waals surface area contributed by atoms with E-state index in [1.165, 1.54) is 25.7 Å². The van der Waals surface area contributed by atoms with Crippen molar-refractivity contribution in [2.75, 3.05) is 40.4 Å². The Hall–Kier alpha value is -6.10. The van der Waals surface area contributed by atoms with E-state index in [0.717, 1.165) is 100 Å². The highest BCUT2D eigenvalue weighted by molar-refractivity contribution is 5.85. The predicted molar refractivity (Wildman–Crippen MR) is 260 cm³/mol. The van der Waals surface area contributed by atoms with Crippen LogP contribution in [-0.4, -0.2) is 82.2 Å². The highest BCUT2D eigenvalue weighted by Gasteiger charge is 2.47. The minimum atomic E-state index is -0.393. The molecule has 0 spiro atoms. The summed E-state index contributed by atoms with van der Waals surface area (Å²) in [4.78, 5) is 26.0. The van der Waals surface area contributed by atoms with Gasteiger partial charge in [-0.05, 0) is 117 Å². The van der Waals surface area contributed by atoms with Gasteiger partial charge in [0.25, 0.3) is 0 Å². The summed E-state index contributed by atoms with van der Waals surface area (Å²) in [5, 5.41) is 2.02. The Morgan fingerprint density at radius 2 is 1.05 bits per heavy atom. The molecule has 6 saturated heterocycles. The molecule has 6 aliphatic rings. The Balaban J connectivity index is 1.13. The fourth-order valence-corrected chi connectivity index (χ4v) is 12.1. The highest BCUT2D eigenvalue weighted by Crippen LogP contribution is 2.50. The van der Waals surface area contributed by atoms with Crippen LogP contribution in [0.2, 0.25) is 0 Å². The van der Waals surface area contributed by atoms with E-state index in [4.69, 9.17) is 38.9 Å². The van der Waals surface area contributed by atoms with Crippen LogP contribution in [-0.2, 0) is 0 Å². The SMILES string of the molecule is CCC1CN2CCC1C[C@@H]2[C@@H](Oc1nc(-c2ccccc2)nc(O[C@@H](c2ccnc3ccc(OC)cc23)[C@@H]2CC3CCN2CC3CC)c1-c1ccccc1)c1ccnc2ccc(OC)cc12. The van der Waals surface area contributed by atoms with E-state index in [-0.39, 0.29) is 12.1 Å². The van der Waals surface area contributed by atoms with Gasteiger partial charge in [0.1, 0.15) is 29.3 Å². The number of rotatable bonds is 14. The van der Waals surface area contributed by atoms with Gasteiger partial charge < -0.3 is 18.9 Å². The van der Waals surface area contributed by atoms with Gasteiger partial charge in [0.15, 0.2) is 5.82 Å². The molecule has 0 aliphatic carbocycles. The van der Waals surface area contributed by atoms with Gasteiger partial charge in [0.2, 0.25) is 11.8 Å². The van der Waals surface area contributed by atoms with Crippen LogP contribution < -0.4 is 18.9 Å². The summed E-state index contributed by atoms with van der Waals surface area (Å²) in [5.41, 5.74) is 6.48. The lowest BCUT2D eigenvalue weighted by molar-refractivity contribution is -0.0510. The fraction of sp³-hybridized carbons (Fsp3) is 0.393. The molecule has 4 aromatic carbocycles. The van der Waals surface area contributed by atoms with Gasteiger partial charge in [-0.3, -0.25) is 19.8 Å². The molecule has 7 aromatic rings. The Morgan fingerprint density at radius 3 is 1.47 bits per heavy atom. The fourth-order valence-electron chi connectivity index (χ4n) is 12.1. The van der Waals surface area contributed by atoms with E-state index in [1.807, 2.05) is 54.9 Å². The topological polar surface area (TPSA) is 95.0 Å². The van der Waals surface area contributed by atoms with Gasteiger partial charge >= 0.3 is 0 Å². The second-order valence-corrected chi connectivity index (χ2v) is 18.9. The molecule has 0 saturated carbocycles. The molecular weight excluding hydrogens is 821 g/mol. The summed E-state index contributed by atoms with van der Waals surface area (Å²) in [6.45, 7) is 8.88. The van der Waals surface area contributed by atoms with Gasteiger partial charge in [-0.15, -0.1) is 0 Å². The van der Waals surface area contributed by atoms with Gasteiger partial charge in [-0.25, -0.2) is 0 Å². The number of pyridine rings is 2. The van der Waals surface area contributed by atoms with Crippen molar-refractivity contribution in [3.63, 3.8) is 0 Å². The lowest BCUT2D eigenvalue weighted by atomic mass is 9.72. The van der Waals surface area contributed by atoms with Crippen molar-refractivity contribution >= 4 is 21.8 Å². The van der Waals surface area contributed by atoms with Crippen molar-refractivity contribution in [3.05, 3.63) is 133 Å². The van der Waals surface area contributed by atoms with Crippen molar-refractivity contribution in [2.45, 2.75) is 76.7 Å². The Morgan fingerprint density at radius 1 is 0.576 bits per heavy atom. The van der Waals surface area contributed by atoms with Crippen LogP contribution in [0.5, 0.6) is 23.3 Å². The average molecular weight is 881 g/mol. The zero-order chi connectivity index (χ0) is 44.7. The first-order valence-corrected chi connectivity index (χ1v) is 24.2. The maximum atomic E-state index is 7.76. The Kier molecular flexibility index (Phi) is 11.8. The number of piperidine rings is 6. The van der Waals surface area contributed by atoms with Crippen molar-refractivity contribution in [1.29, 1.82) is 0 Å². The first kappa shape index (κ1) is 42.5. The minimum Gasteiger partial charge on any atom is -0.497 e. The molecule has 66 heavy (non-hydrogen) atoms. The van der Waals surface area contributed by atoms with Crippen molar-refractivity contribution in [1.82, 2.24) is 29.7 Å². The van der Waals surface area contributed by atoms with Crippen LogP contribution in [0.1, 0.15) is 75.7 Å². The van der Waals surface area contributed by atoms with Crippen LogP contribution in [0.15, 0.2) is 122 Å². The molecule has 338 valence electrons. The van der Waals surface area contributed by atoms with E-state index < -0.39 is 12.2 Å². The molecule has 0 N–H and O–H groups in total. The summed E-state index contributed by atoms with van der Waals surface area (Å²) >= 11 is 0. The third-order valence-electron chi connectivity index (χ3n) is 15.6. The predicted octanol–water partition coefficient (Wildman–Crippen LogP) is 11.4. The molecular formula is C56H60N6O4. The second kappa shape index (κ2) is 18.3. The molecule has 6 fully saturated rings. The van der Waals surface area contributed by atoms with Crippen molar-refractivity contribution in [2.24, 2.45) is 23.7 Å². The van der Waals surface area contributed by atoms with Crippen LogP contribution in [0.4, 0.5) is 0 Å². The summed E-state index contributed by atoms with van der Waals surface area (Å²) < 4.78 is 27.2. The number of aromatic nitrogens is 4. The minimum absolute atomic E-state index is 0.106. The molecule has 0 radical (unpaired) electrons. The third-order valence-corrected chi connectivity index (χ3v) is 15.6. The first-order chi connectivity index (χ1) is 32.5. The average Bonchev–Trinajstić information content (AvgIpc) is 3.39. The quantitative estimate of drug-likeness (QED) is 0.105. The maximum Gasteiger partial charge on any atom is 0.229 e. The van der Waals surface area contributed by atoms with E-state index in [2.05, 4.69) is 90.4 Å². The lowest BCUT2D eigenvalue weighted by Gasteiger charge is -2.52. The number of hydrogen-bond acceptors (Lipinski definition) is 10. The number of ether oxygens (including phenoxy) is 4. The van der Waals surface area contributed by atoms with Crippen molar-refractivity contribution < 1.29 is 18.9 Å². The smallest absolute Gasteiger partial charge is 0.229 e. The van der Waals surface area contributed by atoms with E-state index in [1.54, 1.807) is 14.2 Å². The largest absolute Gasteiger partial charge is 0.497 e. The van der Waals surface area contributed by atoms with Gasteiger partial charge in [-0.1, -0.05) is 87.4 Å². The van der Waals surface area contributed by atoms with E-state index >= 15 is 0 Å². The second-order valence-electron chi connectivity index (χ2n) is 18.9. The summed E-state index contributed by atoms with van der Waals surface area (Å²) in [7, 11) is 3.44. The van der Waals surface area contributed by atoms with Crippen LogP contribution in [0.25, 0.3) is 44.3 Å². The number of hydrogen-bond donors (Lipinski definition) is 0. The van der Waals surface area contributed by atoms with Gasteiger partial charge in [0.05, 0.1) is 37.3 Å². The zero-order valence-electron chi connectivity index (χ0n) is 38.6. The summed E-state index contributed by atoms with van der Waals surface area (Å²) in [6, 6.07) is 37.4. The van der Waals surface area contributed by atoms with Crippen LogP contribution >= 0.6 is 0 Å². The van der Waals surface area contributed by atoms with E-state index in [0.29, 0.717) is 41.3 Å². The Bertz CT molecular complexity index is 2680. The molecule has 0 amide bonds. The lowest BCUT2D eigenvalue weighted by Crippen LogP contribution is -2.56. The summed E-state index contributed by atoms with van der Waals surface area (Å²) in [6.07, 6.45) is 9.90. The Labute approximate surface area is 388 Å². The van der Waals surface area contributed by atoms with Crippen LogP contribution in [0, 0.1) is 23.7 Å². The molecule has 6 unspecified atom stereocenters. The highest BCUT2D eigenvalue weighted by atomic mass is 16.5. The molecule has 6 aliphatic heterocycles.